The van der Waals surface area contributed by atoms with Gasteiger partial charge in [0.2, 0.25) is 0 Å². The van der Waals surface area contributed by atoms with E-state index in [0.717, 1.165) is 11.1 Å². The Hall–Kier alpha value is -3.31. The normalized spacial score (nSPS) is 11.2. The second-order valence-corrected chi connectivity index (χ2v) is 5.81. The van der Waals surface area contributed by atoms with Gasteiger partial charge in [0.15, 0.2) is 5.78 Å². The quantitative estimate of drug-likeness (QED) is 0.430. The summed E-state index contributed by atoms with van der Waals surface area (Å²) in [5.41, 5.74) is 9.15. The fourth-order valence-corrected chi connectivity index (χ4v) is 2.64. The molecule has 2 N–H and O–H groups in total. The average molecular weight is 325 g/mol. The Morgan fingerprint density at radius 3 is 2.12 bits per heavy atom. The zero-order valence-electron chi connectivity index (χ0n) is 13.9. The summed E-state index contributed by atoms with van der Waals surface area (Å²) in [6.45, 7) is 0. The molecule has 1 unspecified atom stereocenters. The summed E-state index contributed by atoms with van der Waals surface area (Å²) in [4.78, 5) is 12.6. The van der Waals surface area contributed by atoms with Gasteiger partial charge in [-0.15, -0.1) is 0 Å². The summed E-state index contributed by atoms with van der Waals surface area (Å²) >= 11 is 0. The number of Topliss-reactive ketones (excluding diaryl/α,β-unsaturated/α-hetero) is 1. The monoisotopic (exact) mass is 325 g/mol. The molecule has 0 aliphatic carbocycles. The predicted octanol–water partition coefficient (Wildman–Crippen LogP) is 4.68. The maximum Gasteiger partial charge on any atom is 0.164 e. The van der Waals surface area contributed by atoms with E-state index in [4.69, 9.17) is 5.73 Å². The van der Waals surface area contributed by atoms with Crippen LogP contribution in [0.5, 0.6) is 0 Å². The molecule has 25 heavy (non-hydrogen) atoms. The minimum atomic E-state index is -0.173. The second-order valence-electron chi connectivity index (χ2n) is 5.81. The van der Waals surface area contributed by atoms with Crippen LogP contribution in [-0.2, 0) is 0 Å². The standard InChI is InChI=1S/C23H19NO/c24-22-14-8-7-11-19(22)15-16-21(18-9-3-1-4-10-18)17-23(25)20-12-5-2-6-13-20/h1-14,21H,17,24H2. The molecule has 3 aromatic rings. The Morgan fingerprint density at radius 2 is 1.44 bits per heavy atom. The molecule has 3 rings (SSSR count). The van der Waals surface area contributed by atoms with Crippen molar-refractivity contribution in [2.45, 2.75) is 12.3 Å². The van der Waals surface area contributed by atoms with Crippen LogP contribution in [0.25, 0.3) is 0 Å². The molecule has 3 aromatic carbocycles. The van der Waals surface area contributed by atoms with Crippen molar-refractivity contribution in [3.63, 3.8) is 0 Å². The number of benzene rings is 3. The van der Waals surface area contributed by atoms with E-state index < -0.39 is 0 Å². The maximum atomic E-state index is 12.6. The summed E-state index contributed by atoms with van der Waals surface area (Å²) in [5, 5.41) is 0. The molecule has 0 heterocycles. The smallest absolute Gasteiger partial charge is 0.164 e. The summed E-state index contributed by atoms with van der Waals surface area (Å²) in [6.07, 6.45) is 0.341. The maximum absolute atomic E-state index is 12.6. The van der Waals surface area contributed by atoms with Crippen LogP contribution in [0.15, 0.2) is 84.9 Å². The highest BCUT2D eigenvalue weighted by molar-refractivity contribution is 5.96. The zero-order valence-corrected chi connectivity index (χ0v) is 13.9. The van der Waals surface area contributed by atoms with Gasteiger partial charge in [0.25, 0.3) is 0 Å². The van der Waals surface area contributed by atoms with Gasteiger partial charge in [-0.3, -0.25) is 4.79 Å². The third-order valence-electron chi connectivity index (χ3n) is 4.03. The number of ketones is 1. The highest BCUT2D eigenvalue weighted by Crippen LogP contribution is 2.22. The van der Waals surface area contributed by atoms with E-state index in [2.05, 4.69) is 11.8 Å². The van der Waals surface area contributed by atoms with E-state index in [0.29, 0.717) is 17.7 Å². The molecule has 0 aliphatic rings. The molecular formula is C23H19NO. The first-order valence-corrected chi connectivity index (χ1v) is 8.23. The molecule has 0 aromatic heterocycles. The van der Waals surface area contributed by atoms with E-state index in [1.807, 2.05) is 84.9 Å². The average Bonchev–Trinajstić information content (AvgIpc) is 2.67. The Balaban J connectivity index is 1.89. The van der Waals surface area contributed by atoms with Gasteiger partial charge in [0.05, 0.1) is 5.92 Å². The van der Waals surface area contributed by atoms with Crippen LogP contribution in [-0.4, -0.2) is 5.78 Å². The number of hydrogen-bond acceptors (Lipinski definition) is 2. The van der Waals surface area contributed by atoms with Gasteiger partial charge in [0, 0.05) is 23.2 Å². The highest BCUT2D eigenvalue weighted by Gasteiger charge is 2.15. The fourth-order valence-electron chi connectivity index (χ4n) is 2.64. The zero-order chi connectivity index (χ0) is 17.5. The number of nitrogen functional groups attached to an aromatic ring is 1. The van der Waals surface area contributed by atoms with Crippen molar-refractivity contribution < 1.29 is 4.79 Å². The number of rotatable bonds is 4. The first kappa shape index (κ1) is 16.5. The summed E-state index contributed by atoms with van der Waals surface area (Å²) in [6, 6.07) is 26.8. The summed E-state index contributed by atoms with van der Waals surface area (Å²) in [7, 11) is 0. The molecule has 0 radical (unpaired) electrons. The van der Waals surface area contributed by atoms with Gasteiger partial charge in [0.1, 0.15) is 0 Å². The van der Waals surface area contributed by atoms with Crippen LogP contribution in [0.4, 0.5) is 5.69 Å². The molecule has 1 atom stereocenters. The van der Waals surface area contributed by atoms with Crippen molar-refractivity contribution in [2.24, 2.45) is 0 Å². The molecule has 122 valence electrons. The van der Waals surface area contributed by atoms with Crippen LogP contribution < -0.4 is 5.73 Å². The van der Waals surface area contributed by atoms with Crippen LogP contribution in [0.1, 0.15) is 33.8 Å². The van der Waals surface area contributed by atoms with Crippen molar-refractivity contribution in [2.75, 3.05) is 5.73 Å². The van der Waals surface area contributed by atoms with Crippen LogP contribution in [0.2, 0.25) is 0 Å². The molecular weight excluding hydrogens is 306 g/mol. The molecule has 0 amide bonds. The molecule has 0 bridgehead atoms. The Morgan fingerprint density at radius 1 is 0.840 bits per heavy atom. The number of anilines is 1. The number of hydrogen-bond donors (Lipinski definition) is 1. The number of nitrogens with two attached hydrogens (primary N) is 1. The third kappa shape index (κ3) is 4.37. The lowest BCUT2D eigenvalue weighted by Gasteiger charge is -2.10. The largest absolute Gasteiger partial charge is 0.398 e. The van der Waals surface area contributed by atoms with Gasteiger partial charge >= 0.3 is 0 Å². The first-order chi connectivity index (χ1) is 12.2. The Labute approximate surface area is 148 Å². The van der Waals surface area contributed by atoms with Crippen LogP contribution in [0.3, 0.4) is 0 Å². The van der Waals surface area contributed by atoms with Crippen LogP contribution >= 0.6 is 0 Å². The third-order valence-corrected chi connectivity index (χ3v) is 4.03. The minimum absolute atomic E-state index is 0.0878. The fraction of sp³-hybridized carbons (Fsp3) is 0.0870. The van der Waals surface area contributed by atoms with Crippen LogP contribution in [0, 0.1) is 11.8 Å². The van der Waals surface area contributed by atoms with Gasteiger partial charge in [-0.2, -0.15) is 0 Å². The van der Waals surface area contributed by atoms with E-state index >= 15 is 0 Å². The van der Waals surface area contributed by atoms with E-state index in [-0.39, 0.29) is 11.7 Å². The lowest BCUT2D eigenvalue weighted by molar-refractivity contribution is 0.0979. The second kappa shape index (κ2) is 7.99. The van der Waals surface area contributed by atoms with Crippen molar-refractivity contribution >= 4 is 11.5 Å². The topological polar surface area (TPSA) is 43.1 Å². The lowest BCUT2D eigenvalue weighted by atomic mass is 9.91. The first-order valence-electron chi connectivity index (χ1n) is 8.23. The predicted molar refractivity (Wildman–Crippen MR) is 102 cm³/mol. The minimum Gasteiger partial charge on any atom is -0.398 e. The Bertz CT molecular complexity index is 905. The van der Waals surface area contributed by atoms with Crippen molar-refractivity contribution in [3.8, 4) is 11.8 Å². The molecule has 0 saturated carbocycles. The number of carbonyl (C=O) groups is 1. The van der Waals surface area contributed by atoms with Gasteiger partial charge < -0.3 is 5.73 Å². The summed E-state index contributed by atoms with van der Waals surface area (Å²) in [5.74, 6) is 6.30. The van der Waals surface area contributed by atoms with Crippen molar-refractivity contribution in [1.29, 1.82) is 0 Å². The van der Waals surface area contributed by atoms with E-state index in [9.17, 15) is 4.79 Å². The van der Waals surface area contributed by atoms with E-state index in [1.165, 1.54) is 0 Å². The van der Waals surface area contributed by atoms with Crippen molar-refractivity contribution in [3.05, 3.63) is 102 Å². The molecule has 2 heteroatoms. The number of para-hydroxylation sites is 1. The van der Waals surface area contributed by atoms with E-state index in [1.54, 1.807) is 0 Å². The molecule has 2 nitrogen and oxygen atoms in total. The van der Waals surface area contributed by atoms with Gasteiger partial charge in [-0.25, -0.2) is 0 Å². The summed E-state index contributed by atoms with van der Waals surface area (Å²) < 4.78 is 0. The van der Waals surface area contributed by atoms with Gasteiger partial charge in [-0.05, 0) is 17.7 Å². The number of carbonyl (C=O) groups excluding carboxylic acids is 1. The molecule has 0 spiro atoms. The van der Waals surface area contributed by atoms with Gasteiger partial charge in [-0.1, -0.05) is 84.6 Å². The SMILES string of the molecule is Nc1ccccc1C#CC(CC(=O)c1ccccc1)c1ccccc1. The molecule has 0 fully saturated rings. The lowest BCUT2D eigenvalue weighted by Crippen LogP contribution is -2.06. The molecule has 0 aliphatic heterocycles. The molecule has 0 saturated heterocycles. The highest BCUT2D eigenvalue weighted by atomic mass is 16.1. The van der Waals surface area contributed by atoms with Crippen molar-refractivity contribution in [1.82, 2.24) is 0 Å². The Kier molecular flexibility index (Phi) is 5.29.